The van der Waals surface area contributed by atoms with Crippen LogP contribution in [0.15, 0.2) is 42.5 Å². The van der Waals surface area contributed by atoms with Crippen molar-refractivity contribution in [1.29, 1.82) is 0 Å². The molecule has 1 nitrogen and oxygen atoms in total. The summed E-state index contributed by atoms with van der Waals surface area (Å²) in [4.78, 5) is 2.93. The SMILES string of the molecule is Fc1cc(F)c2[nH]c(-c3cccc(Cl)c3)cc2c1. The molecule has 1 aromatic heterocycles. The average Bonchev–Trinajstić information content (AvgIpc) is 2.73. The molecule has 1 heterocycles. The summed E-state index contributed by atoms with van der Waals surface area (Å²) in [6.07, 6.45) is 0. The first-order valence-corrected chi connectivity index (χ1v) is 5.75. The Morgan fingerprint density at radius 2 is 1.83 bits per heavy atom. The van der Waals surface area contributed by atoms with Gasteiger partial charge in [-0.15, -0.1) is 0 Å². The fraction of sp³-hybridized carbons (Fsp3) is 0. The topological polar surface area (TPSA) is 15.8 Å². The van der Waals surface area contributed by atoms with Gasteiger partial charge in [0.05, 0.1) is 5.52 Å². The molecule has 0 spiro atoms. The van der Waals surface area contributed by atoms with Crippen molar-refractivity contribution >= 4 is 22.5 Å². The lowest BCUT2D eigenvalue weighted by atomic mass is 10.1. The number of H-pyrrole nitrogens is 1. The molecule has 0 aliphatic rings. The molecule has 2 aromatic carbocycles. The molecule has 1 N–H and O–H groups in total. The molecule has 90 valence electrons. The van der Waals surface area contributed by atoms with Gasteiger partial charge in [0.1, 0.15) is 11.6 Å². The fourth-order valence-electron chi connectivity index (χ4n) is 1.98. The zero-order valence-electron chi connectivity index (χ0n) is 9.18. The molecule has 3 rings (SSSR count). The van der Waals surface area contributed by atoms with E-state index in [-0.39, 0.29) is 0 Å². The Balaban J connectivity index is 2.22. The first kappa shape index (κ1) is 11.2. The number of nitrogens with one attached hydrogen (secondary N) is 1. The first-order valence-electron chi connectivity index (χ1n) is 5.37. The largest absolute Gasteiger partial charge is 0.352 e. The van der Waals surface area contributed by atoms with Crippen LogP contribution in [0.1, 0.15) is 0 Å². The highest BCUT2D eigenvalue weighted by Crippen LogP contribution is 2.27. The monoisotopic (exact) mass is 263 g/mol. The van der Waals surface area contributed by atoms with Crippen LogP contribution in [0.25, 0.3) is 22.2 Å². The van der Waals surface area contributed by atoms with Gasteiger partial charge in [0.2, 0.25) is 0 Å². The molecule has 0 atom stereocenters. The highest BCUT2D eigenvalue weighted by atomic mass is 35.5. The minimum Gasteiger partial charge on any atom is -0.352 e. The predicted molar refractivity (Wildman–Crippen MR) is 68.7 cm³/mol. The summed E-state index contributed by atoms with van der Waals surface area (Å²) in [6.45, 7) is 0. The highest BCUT2D eigenvalue weighted by Gasteiger charge is 2.09. The number of fused-ring (bicyclic) bond motifs is 1. The lowest BCUT2D eigenvalue weighted by Crippen LogP contribution is -1.81. The Kier molecular flexibility index (Phi) is 2.56. The summed E-state index contributed by atoms with van der Waals surface area (Å²) in [6, 6.07) is 11.0. The molecular formula is C14H8ClF2N. The lowest BCUT2D eigenvalue weighted by Gasteiger charge is -1.97. The standard InChI is InChI=1S/C14H8ClF2N/c15-10-3-1-2-8(4-10)13-6-9-5-11(16)7-12(17)14(9)18-13/h1-7,18H. The van der Waals surface area contributed by atoms with Crippen molar-refractivity contribution in [2.75, 3.05) is 0 Å². The number of aromatic nitrogens is 1. The Morgan fingerprint density at radius 3 is 2.61 bits per heavy atom. The van der Waals surface area contributed by atoms with Crippen LogP contribution < -0.4 is 0 Å². The van der Waals surface area contributed by atoms with Crippen molar-refractivity contribution in [3.8, 4) is 11.3 Å². The number of aromatic amines is 1. The zero-order chi connectivity index (χ0) is 12.7. The van der Waals surface area contributed by atoms with Crippen LogP contribution >= 0.6 is 11.6 Å². The molecular weight excluding hydrogens is 256 g/mol. The summed E-state index contributed by atoms with van der Waals surface area (Å²) in [7, 11) is 0. The van der Waals surface area contributed by atoms with Gasteiger partial charge in [-0.2, -0.15) is 0 Å². The third kappa shape index (κ3) is 1.87. The molecule has 0 fully saturated rings. The van der Waals surface area contributed by atoms with E-state index in [1.807, 2.05) is 6.07 Å². The van der Waals surface area contributed by atoms with Crippen molar-refractivity contribution in [3.63, 3.8) is 0 Å². The second-order valence-corrected chi connectivity index (χ2v) is 4.48. The Labute approximate surface area is 107 Å². The van der Waals surface area contributed by atoms with E-state index in [0.29, 0.717) is 21.6 Å². The molecule has 0 amide bonds. The number of benzene rings is 2. The van der Waals surface area contributed by atoms with Crippen molar-refractivity contribution in [2.45, 2.75) is 0 Å². The highest BCUT2D eigenvalue weighted by molar-refractivity contribution is 6.30. The zero-order valence-corrected chi connectivity index (χ0v) is 9.93. The molecule has 0 aliphatic carbocycles. The normalized spacial score (nSPS) is 11.1. The quantitative estimate of drug-likeness (QED) is 0.651. The van der Waals surface area contributed by atoms with E-state index in [4.69, 9.17) is 11.6 Å². The maximum Gasteiger partial charge on any atom is 0.150 e. The van der Waals surface area contributed by atoms with Gasteiger partial charge in [-0.25, -0.2) is 8.78 Å². The van der Waals surface area contributed by atoms with Gasteiger partial charge in [0.15, 0.2) is 0 Å². The van der Waals surface area contributed by atoms with E-state index >= 15 is 0 Å². The van der Waals surface area contributed by atoms with Gasteiger partial charge in [-0.05, 0) is 29.8 Å². The maximum absolute atomic E-state index is 13.6. The van der Waals surface area contributed by atoms with Crippen molar-refractivity contribution in [3.05, 3.63) is 59.1 Å². The molecule has 0 unspecified atom stereocenters. The molecule has 0 aliphatic heterocycles. The number of hydrogen-bond acceptors (Lipinski definition) is 0. The van der Waals surface area contributed by atoms with Crippen LogP contribution in [0.5, 0.6) is 0 Å². The number of halogens is 3. The minimum atomic E-state index is -0.599. The summed E-state index contributed by atoms with van der Waals surface area (Å²) in [5, 5.41) is 1.10. The smallest absolute Gasteiger partial charge is 0.150 e. The average molecular weight is 264 g/mol. The molecule has 0 radical (unpaired) electrons. The third-order valence-electron chi connectivity index (χ3n) is 2.78. The Morgan fingerprint density at radius 1 is 1.00 bits per heavy atom. The second kappa shape index (κ2) is 4.10. The van der Waals surface area contributed by atoms with Crippen molar-refractivity contribution < 1.29 is 8.78 Å². The lowest BCUT2D eigenvalue weighted by molar-refractivity contribution is 0.591. The summed E-state index contributed by atoms with van der Waals surface area (Å²) < 4.78 is 26.7. The van der Waals surface area contributed by atoms with Crippen LogP contribution in [0.3, 0.4) is 0 Å². The number of rotatable bonds is 1. The van der Waals surface area contributed by atoms with E-state index in [2.05, 4.69) is 4.98 Å². The Hall–Kier alpha value is -1.87. The van der Waals surface area contributed by atoms with Gasteiger partial charge in [0.25, 0.3) is 0 Å². The maximum atomic E-state index is 13.6. The fourth-order valence-corrected chi connectivity index (χ4v) is 2.17. The van der Waals surface area contributed by atoms with Gasteiger partial charge >= 0.3 is 0 Å². The van der Waals surface area contributed by atoms with E-state index < -0.39 is 11.6 Å². The number of hydrogen-bond donors (Lipinski definition) is 1. The molecule has 0 saturated heterocycles. The second-order valence-electron chi connectivity index (χ2n) is 4.05. The van der Waals surface area contributed by atoms with Gasteiger partial charge in [-0.3, -0.25) is 0 Å². The van der Waals surface area contributed by atoms with E-state index in [1.54, 1.807) is 24.3 Å². The van der Waals surface area contributed by atoms with Crippen LogP contribution in [0.2, 0.25) is 5.02 Å². The predicted octanol–water partition coefficient (Wildman–Crippen LogP) is 4.77. The van der Waals surface area contributed by atoms with Crippen molar-refractivity contribution in [1.82, 2.24) is 4.98 Å². The summed E-state index contributed by atoms with van der Waals surface area (Å²) in [5.74, 6) is -1.19. The van der Waals surface area contributed by atoms with Gasteiger partial charge in [-0.1, -0.05) is 23.7 Å². The molecule has 18 heavy (non-hydrogen) atoms. The van der Waals surface area contributed by atoms with Crippen molar-refractivity contribution in [2.24, 2.45) is 0 Å². The molecule has 0 saturated carbocycles. The van der Waals surface area contributed by atoms with Gasteiger partial charge < -0.3 is 4.98 Å². The van der Waals surface area contributed by atoms with Crippen LogP contribution in [0, 0.1) is 11.6 Å². The van der Waals surface area contributed by atoms with E-state index in [0.717, 1.165) is 11.6 Å². The third-order valence-corrected chi connectivity index (χ3v) is 3.02. The van der Waals surface area contributed by atoms with Crippen LogP contribution in [-0.4, -0.2) is 4.98 Å². The van der Waals surface area contributed by atoms with Crippen LogP contribution in [0.4, 0.5) is 8.78 Å². The molecule has 3 aromatic rings. The molecule has 4 heteroatoms. The summed E-state index contributed by atoms with van der Waals surface area (Å²) in [5.41, 5.74) is 1.84. The van der Waals surface area contributed by atoms with Gasteiger partial charge in [0, 0.05) is 22.2 Å². The Bertz CT molecular complexity index is 734. The summed E-state index contributed by atoms with van der Waals surface area (Å²) >= 11 is 5.90. The van der Waals surface area contributed by atoms with Crippen LogP contribution in [-0.2, 0) is 0 Å². The molecule has 0 bridgehead atoms. The van der Waals surface area contributed by atoms with E-state index in [1.165, 1.54) is 6.07 Å². The first-order chi connectivity index (χ1) is 8.63. The van der Waals surface area contributed by atoms with E-state index in [9.17, 15) is 8.78 Å². The minimum absolute atomic E-state index is 0.298.